The number of rotatable bonds is 5. The van der Waals surface area contributed by atoms with Gasteiger partial charge in [-0.05, 0) is 58.8 Å². The van der Waals surface area contributed by atoms with Crippen molar-refractivity contribution in [3.8, 4) is 5.88 Å². The van der Waals surface area contributed by atoms with E-state index in [0.717, 1.165) is 43.0 Å². The van der Waals surface area contributed by atoms with Crippen LogP contribution >= 0.6 is 15.9 Å². The quantitative estimate of drug-likeness (QED) is 0.623. The van der Waals surface area contributed by atoms with Crippen molar-refractivity contribution in [2.75, 3.05) is 13.1 Å². The van der Waals surface area contributed by atoms with E-state index >= 15 is 0 Å². The molecule has 2 aromatic rings. The molecular weight excluding hydrogens is 470 g/mol. The van der Waals surface area contributed by atoms with Crippen LogP contribution in [0.3, 0.4) is 0 Å². The first-order valence-electron chi connectivity index (χ1n) is 11.5. The van der Waals surface area contributed by atoms with Crippen LogP contribution in [0.1, 0.15) is 56.1 Å². The molecule has 0 bridgehead atoms. The number of benzene rings is 1. The Balaban J connectivity index is 1.47. The second-order valence-electron chi connectivity index (χ2n) is 8.80. The minimum Gasteiger partial charge on any atom is -0.391 e. The Morgan fingerprint density at radius 2 is 1.88 bits per heavy atom. The summed E-state index contributed by atoms with van der Waals surface area (Å²) >= 11 is 3.32. The van der Waals surface area contributed by atoms with E-state index in [2.05, 4.69) is 57.4 Å². The maximum atomic E-state index is 13.2. The number of aryl methyl sites for hydroxylation is 1. The second-order valence-corrected chi connectivity index (χ2v) is 9.71. The van der Waals surface area contributed by atoms with Crippen LogP contribution in [0.4, 0.5) is 4.79 Å². The Bertz CT molecular complexity index is 926. The summed E-state index contributed by atoms with van der Waals surface area (Å²) in [6.07, 6.45) is 7.00. The van der Waals surface area contributed by atoms with Crippen molar-refractivity contribution < 1.29 is 14.3 Å². The van der Waals surface area contributed by atoms with E-state index in [-0.39, 0.29) is 29.7 Å². The normalized spacial score (nSPS) is 21.4. The Morgan fingerprint density at radius 1 is 1.12 bits per heavy atom. The number of pyridine rings is 1. The highest BCUT2D eigenvalue weighted by molar-refractivity contribution is 9.10. The van der Waals surface area contributed by atoms with Crippen molar-refractivity contribution >= 4 is 27.9 Å². The Labute approximate surface area is 197 Å². The summed E-state index contributed by atoms with van der Waals surface area (Å²) in [5.41, 5.74) is 2.50. The molecule has 2 fully saturated rings. The molecule has 2 atom stereocenters. The minimum absolute atomic E-state index is 0.121. The third-order valence-electron chi connectivity index (χ3n) is 6.55. The summed E-state index contributed by atoms with van der Waals surface area (Å²) < 4.78 is 6.17. The fourth-order valence-corrected chi connectivity index (χ4v) is 5.03. The summed E-state index contributed by atoms with van der Waals surface area (Å²) in [7, 11) is 0. The van der Waals surface area contributed by atoms with Crippen LogP contribution < -0.4 is 10.1 Å². The van der Waals surface area contributed by atoms with Gasteiger partial charge in [0, 0.05) is 41.7 Å². The van der Waals surface area contributed by atoms with Crippen molar-refractivity contribution in [1.82, 2.24) is 15.2 Å². The standard InChI is InChI=1S/C25H30BrN3O3/c1-2-17-7-9-18(10-8-17)20-13-22(16-29(15-20)24(30)19-5-3-4-6-19)28-25(31)32-23-12-11-21(26)14-27-23/h7-12,14,19-20,22H,2-6,13,15-16H2,1H3,(H,28,31). The average Bonchev–Trinajstić information content (AvgIpc) is 3.35. The summed E-state index contributed by atoms with van der Waals surface area (Å²) in [5.74, 6) is 0.770. The lowest BCUT2D eigenvalue weighted by Crippen LogP contribution is -2.53. The number of nitrogens with zero attached hydrogens (tertiary/aromatic N) is 2. The van der Waals surface area contributed by atoms with Crippen molar-refractivity contribution in [3.05, 3.63) is 58.2 Å². The molecule has 170 valence electrons. The van der Waals surface area contributed by atoms with Crippen molar-refractivity contribution in [2.45, 2.75) is 57.4 Å². The molecule has 1 aromatic heterocycles. The molecule has 2 heterocycles. The van der Waals surface area contributed by atoms with Gasteiger partial charge < -0.3 is 15.0 Å². The highest BCUT2D eigenvalue weighted by atomic mass is 79.9. The smallest absolute Gasteiger partial charge is 0.391 e. The fraction of sp³-hybridized carbons (Fsp3) is 0.480. The van der Waals surface area contributed by atoms with Crippen molar-refractivity contribution in [1.29, 1.82) is 0 Å². The van der Waals surface area contributed by atoms with Crippen LogP contribution in [0.2, 0.25) is 0 Å². The molecule has 1 aromatic carbocycles. The van der Waals surface area contributed by atoms with Gasteiger partial charge in [-0.3, -0.25) is 4.79 Å². The molecule has 32 heavy (non-hydrogen) atoms. The topological polar surface area (TPSA) is 71.5 Å². The SMILES string of the molecule is CCc1ccc(C2CC(NC(=O)Oc3ccc(Br)cn3)CN(C(=O)C3CCCC3)C2)cc1. The summed E-state index contributed by atoms with van der Waals surface area (Å²) in [6, 6.07) is 11.9. The molecule has 2 amide bonds. The van der Waals surface area contributed by atoms with Crippen molar-refractivity contribution in [3.63, 3.8) is 0 Å². The monoisotopic (exact) mass is 499 g/mol. The second kappa shape index (κ2) is 10.5. The Kier molecular flexibility index (Phi) is 7.45. The molecule has 1 aliphatic carbocycles. The Hall–Kier alpha value is -2.41. The number of nitrogens with one attached hydrogen (secondary N) is 1. The van der Waals surface area contributed by atoms with Crippen LogP contribution in [0.5, 0.6) is 5.88 Å². The van der Waals surface area contributed by atoms with Crippen LogP contribution in [-0.4, -0.2) is 41.0 Å². The van der Waals surface area contributed by atoms with Crippen molar-refractivity contribution in [2.24, 2.45) is 5.92 Å². The molecule has 4 rings (SSSR count). The molecule has 2 unspecified atom stereocenters. The average molecular weight is 500 g/mol. The number of amides is 2. The summed E-state index contributed by atoms with van der Waals surface area (Å²) in [6.45, 7) is 3.35. The van der Waals surface area contributed by atoms with Gasteiger partial charge in [-0.15, -0.1) is 0 Å². The third-order valence-corrected chi connectivity index (χ3v) is 7.01. The highest BCUT2D eigenvalue weighted by Gasteiger charge is 2.35. The number of hydrogen-bond donors (Lipinski definition) is 1. The van der Waals surface area contributed by atoms with Gasteiger partial charge in [0.25, 0.3) is 0 Å². The number of ether oxygens (including phenoxy) is 1. The zero-order valence-corrected chi connectivity index (χ0v) is 20.0. The zero-order valence-electron chi connectivity index (χ0n) is 18.4. The van der Waals surface area contributed by atoms with E-state index in [1.165, 1.54) is 11.1 Å². The maximum Gasteiger partial charge on any atom is 0.414 e. The van der Waals surface area contributed by atoms with E-state index in [4.69, 9.17) is 4.74 Å². The number of likely N-dealkylation sites (tertiary alicyclic amines) is 1. The lowest BCUT2D eigenvalue weighted by molar-refractivity contribution is -0.137. The van der Waals surface area contributed by atoms with E-state index < -0.39 is 6.09 Å². The molecule has 1 saturated heterocycles. The van der Waals surface area contributed by atoms with Crippen LogP contribution in [-0.2, 0) is 11.2 Å². The van der Waals surface area contributed by atoms with Gasteiger partial charge in [-0.1, -0.05) is 44.0 Å². The molecule has 7 heteroatoms. The number of aromatic nitrogens is 1. The first-order valence-corrected chi connectivity index (χ1v) is 12.3. The number of hydrogen-bond acceptors (Lipinski definition) is 4. The predicted octanol–water partition coefficient (Wildman–Crippen LogP) is 5.07. The van der Waals surface area contributed by atoms with Gasteiger partial charge in [0.15, 0.2) is 0 Å². The van der Waals surface area contributed by atoms with Gasteiger partial charge in [0.1, 0.15) is 0 Å². The largest absolute Gasteiger partial charge is 0.414 e. The fourth-order valence-electron chi connectivity index (χ4n) is 4.80. The zero-order chi connectivity index (χ0) is 22.5. The van der Waals surface area contributed by atoms with E-state index in [0.29, 0.717) is 13.1 Å². The number of carbonyl (C=O) groups excluding carboxylic acids is 2. The third kappa shape index (κ3) is 5.68. The van der Waals surface area contributed by atoms with Gasteiger partial charge in [0.2, 0.25) is 11.8 Å². The molecule has 6 nitrogen and oxygen atoms in total. The minimum atomic E-state index is -0.542. The number of halogens is 1. The molecule has 1 saturated carbocycles. The highest BCUT2D eigenvalue weighted by Crippen LogP contribution is 2.32. The maximum absolute atomic E-state index is 13.2. The molecule has 2 aliphatic rings. The summed E-state index contributed by atoms with van der Waals surface area (Å²) in [4.78, 5) is 31.8. The first-order chi connectivity index (χ1) is 15.5. The van der Waals surface area contributed by atoms with Gasteiger partial charge >= 0.3 is 6.09 Å². The molecule has 1 N–H and O–H groups in total. The molecule has 1 aliphatic heterocycles. The number of piperidine rings is 1. The first kappa shape index (κ1) is 22.8. The van der Waals surface area contributed by atoms with Gasteiger partial charge in [-0.25, -0.2) is 9.78 Å². The molecule has 0 radical (unpaired) electrons. The predicted molar refractivity (Wildman–Crippen MR) is 127 cm³/mol. The number of carbonyl (C=O) groups is 2. The van der Waals surface area contributed by atoms with Crippen LogP contribution in [0, 0.1) is 5.92 Å². The Morgan fingerprint density at radius 3 is 2.53 bits per heavy atom. The lowest BCUT2D eigenvalue weighted by Gasteiger charge is -2.39. The van der Waals surface area contributed by atoms with E-state index in [1.807, 2.05) is 4.90 Å². The van der Waals surface area contributed by atoms with Crippen LogP contribution in [0.15, 0.2) is 47.1 Å². The summed E-state index contributed by atoms with van der Waals surface area (Å²) in [5, 5.41) is 2.97. The van der Waals surface area contributed by atoms with E-state index in [9.17, 15) is 9.59 Å². The lowest BCUT2D eigenvalue weighted by atomic mass is 9.87. The van der Waals surface area contributed by atoms with Crippen LogP contribution in [0.25, 0.3) is 0 Å². The molecular formula is C25H30BrN3O3. The van der Waals surface area contributed by atoms with Gasteiger partial charge in [0.05, 0.1) is 6.04 Å². The molecule has 0 spiro atoms. The van der Waals surface area contributed by atoms with E-state index in [1.54, 1.807) is 18.3 Å². The van der Waals surface area contributed by atoms with Gasteiger partial charge in [-0.2, -0.15) is 0 Å².